The summed E-state index contributed by atoms with van der Waals surface area (Å²) in [6.07, 6.45) is 5.10. The van der Waals surface area contributed by atoms with E-state index in [-0.39, 0.29) is 5.54 Å². The number of carbonyl (C=O) groups excluding carboxylic acids is 1. The van der Waals surface area contributed by atoms with Crippen LogP contribution in [0.25, 0.3) is 0 Å². The minimum absolute atomic E-state index is 0.0510. The Labute approximate surface area is 172 Å². The topological polar surface area (TPSA) is 36.4 Å². The van der Waals surface area contributed by atoms with Gasteiger partial charge in [-0.2, -0.15) is 0 Å². The summed E-state index contributed by atoms with van der Waals surface area (Å²) >= 11 is 1.83. The highest BCUT2D eigenvalue weighted by Crippen LogP contribution is 2.40. The van der Waals surface area contributed by atoms with Crippen molar-refractivity contribution in [2.24, 2.45) is 0 Å². The van der Waals surface area contributed by atoms with E-state index in [1.165, 1.54) is 21.7 Å². The third kappa shape index (κ3) is 4.01. The molecule has 0 saturated carbocycles. The van der Waals surface area contributed by atoms with Gasteiger partial charge in [0.2, 0.25) is 5.91 Å². The van der Waals surface area contributed by atoms with Crippen molar-refractivity contribution in [3.05, 3.63) is 51.0 Å². The minimum atomic E-state index is 0.0510. The van der Waals surface area contributed by atoms with Crippen LogP contribution in [0.3, 0.4) is 0 Å². The molecule has 1 spiro atoms. The summed E-state index contributed by atoms with van der Waals surface area (Å²) in [5.41, 5.74) is 3.75. The number of hydrogen-bond acceptors (Lipinski definition) is 4. The van der Waals surface area contributed by atoms with E-state index in [9.17, 15) is 4.79 Å². The molecule has 0 aliphatic carbocycles. The van der Waals surface area contributed by atoms with Crippen LogP contribution in [-0.4, -0.2) is 39.3 Å². The van der Waals surface area contributed by atoms with Gasteiger partial charge in [-0.15, -0.1) is 11.3 Å². The van der Waals surface area contributed by atoms with Gasteiger partial charge in [0.15, 0.2) is 0 Å². The normalized spacial score (nSPS) is 23.5. The Kier molecular flexibility index (Phi) is 5.57. The van der Waals surface area contributed by atoms with Gasteiger partial charge in [-0.1, -0.05) is 29.8 Å². The van der Waals surface area contributed by atoms with Gasteiger partial charge in [0.25, 0.3) is 0 Å². The average molecular weight is 398 g/mol. The van der Waals surface area contributed by atoms with Gasteiger partial charge < -0.3 is 4.90 Å². The summed E-state index contributed by atoms with van der Waals surface area (Å²) in [6, 6.07) is 8.65. The van der Waals surface area contributed by atoms with Crippen LogP contribution in [0, 0.1) is 20.8 Å². The Bertz CT molecular complexity index is 844. The van der Waals surface area contributed by atoms with Crippen LogP contribution in [0.5, 0.6) is 0 Å². The van der Waals surface area contributed by atoms with Gasteiger partial charge in [-0.05, 0) is 58.6 Å². The van der Waals surface area contributed by atoms with Crippen molar-refractivity contribution in [2.75, 3.05) is 13.1 Å². The van der Waals surface area contributed by atoms with E-state index in [0.717, 1.165) is 56.9 Å². The summed E-state index contributed by atoms with van der Waals surface area (Å²) in [5, 5.41) is 1.16. The van der Waals surface area contributed by atoms with Crippen LogP contribution in [-0.2, 0) is 17.9 Å². The van der Waals surface area contributed by atoms with Gasteiger partial charge in [-0.25, -0.2) is 4.98 Å². The molecule has 2 saturated heterocycles. The van der Waals surface area contributed by atoms with Crippen LogP contribution < -0.4 is 0 Å². The Balaban J connectivity index is 1.46. The maximum atomic E-state index is 12.8. The van der Waals surface area contributed by atoms with E-state index in [1.54, 1.807) is 0 Å². The van der Waals surface area contributed by atoms with Crippen LogP contribution in [0.1, 0.15) is 58.8 Å². The van der Waals surface area contributed by atoms with Crippen molar-refractivity contribution in [1.29, 1.82) is 0 Å². The largest absolute Gasteiger partial charge is 0.333 e. The third-order valence-electron chi connectivity index (χ3n) is 6.52. The molecule has 5 heteroatoms. The molecular weight excluding hydrogens is 366 g/mol. The van der Waals surface area contributed by atoms with Crippen molar-refractivity contribution < 1.29 is 4.79 Å². The molecule has 0 N–H and O–H groups in total. The molecule has 1 amide bonds. The smallest absolute Gasteiger partial charge is 0.223 e. The number of thiazole rings is 1. The molecule has 0 radical (unpaired) electrons. The molecule has 1 aromatic heterocycles. The van der Waals surface area contributed by atoms with Crippen molar-refractivity contribution >= 4 is 17.2 Å². The lowest BCUT2D eigenvalue weighted by atomic mass is 9.87. The summed E-state index contributed by atoms with van der Waals surface area (Å²) in [7, 11) is 0. The second-order valence-electron chi connectivity index (χ2n) is 8.56. The molecule has 2 fully saturated rings. The first kappa shape index (κ1) is 19.6. The number of aryl methyl sites for hydroxylation is 3. The molecule has 1 aromatic carbocycles. The quantitative estimate of drug-likeness (QED) is 0.756. The van der Waals surface area contributed by atoms with Crippen LogP contribution in [0.4, 0.5) is 0 Å². The zero-order valence-corrected chi connectivity index (χ0v) is 18.1. The fraction of sp³-hybridized carbons (Fsp3) is 0.565. The van der Waals surface area contributed by atoms with E-state index >= 15 is 0 Å². The number of nitrogens with zero attached hydrogens (tertiary/aromatic N) is 3. The lowest BCUT2D eigenvalue weighted by molar-refractivity contribution is -0.132. The van der Waals surface area contributed by atoms with Crippen LogP contribution in [0.15, 0.2) is 24.3 Å². The summed E-state index contributed by atoms with van der Waals surface area (Å²) in [6.45, 7) is 10.3. The van der Waals surface area contributed by atoms with Crippen LogP contribution >= 0.6 is 11.3 Å². The fourth-order valence-corrected chi connectivity index (χ4v) is 5.82. The minimum Gasteiger partial charge on any atom is -0.333 e. The summed E-state index contributed by atoms with van der Waals surface area (Å²) in [5.74, 6) is 0.336. The maximum absolute atomic E-state index is 12.8. The molecule has 0 bridgehead atoms. The molecule has 2 aliphatic rings. The molecule has 3 heterocycles. The lowest BCUT2D eigenvalue weighted by Crippen LogP contribution is -2.45. The number of benzene rings is 1. The second kappa shape index (κ2) is 7.96. The van der Waals surface area contributed by atoms with E-state index in [1.807, 2.05) is 11.3 Å². The molecule has 4 nitrogen and oxygen atoms in total. The molecule has 28 heavy (non-hydrogen) atoms. The van der Waals surface area contributed by atoms with E-state index in [4.69, 9.17) is 0 Å². The van der Waals surface area contributed by atoms with Crippen molar-refractivity contribution in [3.63, 3.8) is 0 Å². The average Bonchev–Trinajstić information content (AvgIpc) is 3.04. The van der Waals surface area contributed by atoms with Crippen molar-refractivity contribution in [2.45, 2.75) is 71.5 Å². The zero-order chi connectivity index (χ0) is 19.7. The molecule has 2 aliphatic heterocycles. The zero-order valence-electron chi connectivity index (χ0n) is 17.3. The van der Waals surface area contributed by atoms with Gasteiger partial charge in [0, 0.05) is 36.5 Å². The second-order valence-corrected chi connectivity index (χ2v) is 9.85. The number of amides is 1. The monoisotopic (exact) mass is 397 g/mol. The van der Waals surface area contributed by atoms with Crippen LogP contribution in [0.2, 0.25) is 0 Å². The Morgan fingerprint density at radius 2 is 1.82 bits per heavy atom. The van der Waals surface area contributed by atoms with Crippen molar-refractivity contribution in [1.82, 2.24) is 14.8 Å². The first-order valence-electron chi connectivity index (χ1n) is 10.5. The first-order chi connectivity index (χ1) is 13.4. The molecule has 150 valence electrons. The first-order valence-corrected chi connectivity index (χ1v) is 11.3. The summed E-state index contributed by atoms with van der Waals surface area (Å²) in [4.78, 5) is 23.5. The Morgan fingerprint density at radius 1 is 1.04 bits per heavy atom. The summed E-state index contributed by atoms with van der Waals surface area (Å²) < 4.78 is 0. The number of aromatic nitrogens is 1. The number of likely N-dealkylation sites (tertiary alicyclic amines) is 2. The fourth-order valence-electron chi connectivity index (χ4n) is 4.84. The Hall–Kier alpha value is -1.72. The van der Waals surface area contributed by atoms with E-state index in [0.29, 0.717) is 12.3 Å². The van der Waals surface area contributed by atoms with Gasteiger partial charge in [0.1, 0.15) is 0 Å². The molecular formula is C23H31N3OS. The van der Waals surface area contributed by atoms with Gasteiger partial charge in [0.05, 0.1) is 10.7 Å². The molecule has 1 atom stereocenters. The lowest BCUT2D eigenvalue weighted by Gasteiger charge is -2.38. The predicted octanol–water partition coefficient (Wildman–Crippen LogP) is 4.62. The number of carbonyl (C=O) groups is 1. The third-order valence-corrected chi connectivity index (χ3v) is 7.57. The van der Waals surface area contributed by atoms with Crippen molar-refractivity contribution in [3.8, 4) is 0 Å². The standard InChI is InChI=1S/C23H31N3OS/c1-17-5-7-20(8-6-17)15-26-22(27)9-11-23(26)10-4-13-25(14-12-23)16-21-18(2)24-19(3)28-21/h5-8H,4,9-16H2,1-3H3/t23-/m1/s1. The highest BCUT2D eigenvalue weighted by Gasteiger charge is 2.45. The molecule has 4 rings (SSSR count). The SMILES string of the molecule is Cc1ccc(CN2C(=O)CC[C@@]23CCCN(Cc2sc(C)nc2C)CC3)cc1. The molecule has 2 aromatic rings. The highest BCUT2D eigenvalue weighted by molar-refractivity contribution is 7.11. The molecule has 0 unspecified atom stereocenters. The van der Waals surface area contributed by atoms with Gasteiger partial charge >= 0.3 is 0 Å². The highest BCUT2D eigenvalue weighted by atomic mass is 32.1. The maximum Gasteiger partial charge on any atom is 0.223 e. The van der Waals surface area contributed by atoms with E-state index < -0.39 is 0 Å². The predicted molar refractivity (Wildman–Crippen MR) is 114 cm³/mol. The van der Waals surface area contributed by atoms with Gasteiger partial charge in [-0.3, -0.25) is 9.69 Å². The number of hydrogen-bond donors (Lipinski definition) is 0. The Morgan fingerprint density at radius 3 is 2.54 bits per heavy atom. The number of rotatable bonds is 4. The van der Waals surface area contributed by atoms with E-state index in [2.05, 4.69) is 59.8 Å².